The highest BCUT2D eigenvalue weighted by Crippen LogP contribution is 2.20. The van der Waals surface area contributed by atoms with Gasteiger partial charge in [-0.05, 0) is 5.92 Å². The molecule has 104 valence electrons. The van der Waals surface area contributed by atoms with Crippen LogP contribution < -0.4 is 0 Å². The fourth-order valence-electron chi connectivity index (χ4n) is 1.41. The Morgan fingerprint density at radius 1 is 1.56 bits per heavy atom. The van der Waals surface area contributed by atoms with Crippen LogP contribution in [0.15, 0.2) is 11.1 Å². The third kappa shape index (κ3) is 4.22. The summed E-state index contributed by atoms with van der Waals surface area (Å²) in [5.74, 6) is 0.318. The number of hydrogen-bond acceptors (Lipinski definition) is 4. The molecule has 1 rings (SSSR count). The smallest absolute Gasteiger partial charge is 0.264 e. The Balaban J connectivity index is 2.93. The van der Waals surface area contributed by atoms with Crippen LogP contribution >= 0.6 is 10.7 Å². The van der Waals surface area contributed by atoms with Gasteiger partial charge in [-0.25, -0.2) is 12.8 Å². The zero-order chi connectivity index (χ0) is 13.8. The van der Waals surface area contributed by atoms with Gasteiger partial charge in [-0.2, -0.15) is 5.10 Å². The molecule has 0 fully saturated rings. The summed E-state index contributed by atoms with van der Waals surface area (Å²) in [7, 11) is 1.39. The number of aromatic nitrogens is 2. The van der Waals surface area contributed by atoms with Crippen molar-refractivity contribution < 1.29 is 17.5 Å². The van der Waals surface area contributed by atoms with Crippen LogP contribution in [-0.2, 0) is 26.9 Å². The van der Waals surface area contributed by atoms with Gasteiger partial charge < -0.3 is 4.74 Å². The highest BCUT2D eigenvalue weighted by Gasteiger charge is 2.21. The molecule has 0 spiro atoms. The zero-order valence-electron chi connectivity index (χ0n) is 10.3. The fourth-order valence-corrected chi connectivity index (χ4v) is 2.41. The van der Waals surface area contributed by atoms with Crippen molar-refractivity contribution in [1.29, 1.82) is 0 Å². The first kappa shape index (κ1) is 15.4. The van der Waals surface area contributed by atoms with Gasteiger partial charge in [-0.15, -0.1) is 0 Å². The van der Waals surface area contributed by atoms with Crippen molar-refractivity contribution in [2.24, 2.45) is 5.92 Å². The van der Waals surface area contributed by atoms with E-state index >= 15 is 0 Å². The molecule has 0 amide bonds. The first-order chi connectivity index (χ1) is 8.36. The summed E-state index contributed by atoms with van der Waals surface area (Å²) in [6.07, 6.45) is 1.12. The summed E-state index contributed by atoms with van der Waals surface area (Å²) in [6.45, 7) is 3.80. The second kappa shape index (κ2) is 6.49. The van der Waals surface area contributed by atoms with E-state index in [1.165, 1.54) is 4.68 Å². The summed E-state index contributed by atoms with van der Waals surface area (Å²) in [5.41, 5.74) is 0.281. The van der Waals surface area contributed by atoms with Crippen LogP contribution in [-0.4, -0.2) is 31.5 Å². The number of nitrogens with zero attached hydrogens (tertiary/aromatic N) is 2. The lowest BCUT2D eigenvalue weighted by atomic mass is 10.2. The number of aryl methyl sites for hydroxylation is 1. The van der Waals surface area contributed by atoms with Crippen molar-refractivity contribution in [3.05, 3.63) is 11.9 Å². The average Bonchev–Trinajstić information content (AvgIpc) is 2.61. The maximum absolute atomic E-state index is 12.3. The summed E-state index contributed by atoms with van der Waals surface area (Å²) in [6, 6.07) is 0. The van der Waals surface area contributed by atoms with Gasteiger partial charge in [0, 0.05) is 17.3 Å². The van der Waals surface area contributed by atoms with Crippen LogP contribution in [0.4, 0.5) is 4.39 Å². The summed E-state index contributed by atoms with van der Waals surface area (Å²) < 4.78 is 41.6. The minimum Gasteiger partial charge on any atom is -0.375 e. The molecule has 0 bridgehead atoms. The van der Waals surface area contributed by atoms with Gasteiger partial charge in [0.25, 0.3) is 9.05 Å². The monoisotopic (exact) mass is 298 g/mol. The predicted molar refractivity (Wildman–Crippen MR) is 65.7 cm³/mol. The lowest BCUT2D eigenvalue weighted by molar-refractivity contribution is 0.0901. The quantitative estimate of drug-likeness (QED) is 0.722. The minimum atomic E-state index is -3.90. The lowest BCUT2D eigenvalue weighted by Gasteiger charge is -2.09. The third-order valence-corrected chi connectivity index (χ3v) is 3.52. The Morgan fingerprint density at radius 2 is 2.22 bits per heavy atom. The van der Waals surface area contributed by atoms with Crippen LogP contribution in [0, 0.1) is 5.92 Å². The van der Waals surface area contributed by atoms with Crippen LogP contribution in [0.25, 0.3) is 0 Å². The van der Waals surface area contributed by atoms with Crippen molar-refractivity contribution in [3.8, 4) is 0 Å². The molecule has 1 heterocycles. The Hall–Kier alpha value is -0.660. The third-order valence-electron chi connectivity index (χ3n) is 2.16. The molecule has 0 aliphatic carbocycles. The maximum Gasteiger partial charge on any atom is 0.264 e. The first-order valence-corrected chi connectivity index (χ1v) is 7.80. The molecule has 0 radical (unpaired) electrons. The molecule has 1 aromatic rings. The zero-order valence-corrected chi connectivity index (χ0v) is 11.8. The van der Waals surface area contributed by atoms with Crippen molar-refractivity contribution >= 4 is 19.7 Å². The second-order valence-electron chi connectivity index (χ2n) is 4.21. The van der Waals surface area contributed by atoms with Gasteiger partial charge in [0.2, 0.25) is 0 Å². The molecule has 0 aliphatic rings. The number of hydrogen-bond donors (Lipinski definition) is 0. The van der Waals surface area contributed by atoms with Crippen LogP contribution in [0.2, 0.25) is 0 Å². The van der Waals surface area contributed by atoms with Crippen molar-refractivity contribution in [2.75, 3.05) is 13.3 Å². The lowest BCUT2D eigenvalue weighted by Crippen LogP contribution is -2.11. The molecular formula is C10H16ClFN2O3S. The van der Waals surface area contributed by atoms with E-state index in [-0.39, 0.29) is 23.7 Å². The molecule has 0 aromatic carbocycles. The largest absolute Gasteiger partial charge is 0.375 e. The van der Waals surface area contributed by atoms with Crippen LogP contribution in [0.3, 0.4) is 0 Å². The Morgan fingerprint density at radius 3 is 2.72 bits per heavy atom. The Bertz CT molecular complexity index is 487. The van der Waals surface area contributed by atoms with E-state index in [0.29, 0.717) is 12.5 Å². The van der Waals surface area contributed by atoms with Crippen molar-refractivity contribution in [3.63, 3.8) is 0 Å². The van der Waals surface area contributed by atoms with Gasteiger partial charge in [0.15, 0.2) is 0 Å². The van der Waals surface area contributed by atoms with E-state index in [4.69, 9.17) is 15.4 Å². The van der Waals surface area contributed by atoms with Gasteiger partial charge >= 0.3 is 0 Å². The van der Waals surface area contributed by atoms with Gasteiger partial charge in [0.1, 0.15) is 11.6 Å². The van der Waals surface area contributed by atoms with Crippen LogP contribution in [0.5, 0.6) is 0 Å². The normalized spacial score (nSPS) is 12.3. The molecular weight excluding hydrogens is 283 g/mol. The van der Waals surface area contributed by atoms with E-state index in [9.17, 15) is 12.8 Å². The number of halogens is 2. The molecule has 8 heteroatoms. The van der Waals surface area contributed by atoms with Crippen molar-refractivity contribution in [2.45, 2.75) is 31.9 Å². The number of rotatable bonds is 7. The highest BCUT2D eigenvalue weighted by molar-refractivity contribution is 8.13. The van der Waals surface area contributed by atoms with E-state index in [1.807, 2.05) is 13.8 Å². The van der Waals surface area contributed by atoms with Crippen molar-refractivity contribution in [1.82, 2.24) is 9.78 Å². The summed E-state index contributed by atoms with van der Waals surface area (Å²) >= 11 is 0. The molecule has 5 nitrogen and oxygen atoms in total. The van der Waals surface area contributed by atoms with Gasteiger partial charge in [-0.3, -0.25) is 4.68 Å². The van der Waals surface area contributed by atoms with Gasteiger partial charge in [-0.1, -0.05) is 13.8 Å². The average molecular weight is 299 g/mol. The summed E-state index contributed by atoms with van der Waals surface area (Å²) in [4.78, 5) is -0.124. The van der Waals surface area contributed by atoms with E-state index in [0.717, 1.165) is 6.20 Å². The number of ether oxygens (including phenoxy) is 1. The highest BCUT2D eigenvalue weighted by atomic mass is 35.7. The van der Waals surface area contributed by atoms with E-state index < -0.39 is 15.7 Å². The molecule has 0 atom stereocenters. The molecule has 0 unspecified atom stereocenters. The van der Waals surface area contributed by atoms with Gasteiger partial charge in [0.05, 0.1) is 25.0 Å². The molecule has 0 saturated heterocycles. The first-order valence-electron chi connectivity index (χ1n) is 5.49. The predicted octanol–water partition coefficient (Wildman–Crippen LogP) is 1.95. The minimum absolute atomic E-state index is 0.0211. The molecule has 1 aromatic heterocycles. The fraction of sp³-hybridized carbons (Fsp3) is 0.700. The Kier molecular flexibility index (Phi) is 5.55. The molecule has 0 aliphatic heterocycles. The molecule has 0 saturated carbocycles. The van der Waals surface area contributed by atoms with E-state index in [1.54, 1.807) is 0 Å². The second-order valence-corrected chi connectivity index (χ2v) is 6.75. The maximum atomic E-state index is 12.3. The summed E-state index contributed by atoms with van der Waals surface area (Å²) in [5, 5.41) is 3.80. The topological polar surface area (TPSA) is 61.2 Å². The number of alkyl halides is 1. The Labute approximate surface area is 110 Å². The molecule has 18 heavy (non-hydrogen) atoms. The van der Waals surface area contributed by atoms with E-state index in [2.05, 4.69) is 5.10 Å². The van der Waals surface area contributed by atoms with Crippen LogP contribution in [0.1, 0.15) is 19.5 Å². The SMILES string of the molecule is CC(C)COCc1c(S(=O)(=O)Cl)cnn1CCF. The molecule has 0 N–H and O–H groups in total. The standard InChI is InChI=1S/C10H16ClFN2O3S/c1-8(2)6-17-7-9-10(18(11,15)16)5-13-14(9)4-3-12/h5,8H,3-4,6-7H2,1-2H3.